The van der Waals surface area contributed by atoms with Gasteiger partial charge in [0.15, 0.2) is 0 Å². The molecule has 0 atom stereocenters. The summed E-state index contributed by atoms with van der Waals surface area (Å²) in [5.41, 5.74) is 4.08. The molecule has 1 amide bonds. The van der Waals surface area contributed by atoms with Crippen LogP contribution in [0.4, 0.5) is 5.69 Å². The Labute approximate surface area is 163 Å². The highest BCUT2D eigenvalue weighted by Crippen LogP contribution is 2.21. The van der Waals surface area contributed by atoms with E-state index >= 15 is 0 Å². The predicted molar refractivity (Wildman–Crippen MR) is 107 cm³/mol. The third-order valence-electron chi connectivity index (χ3n) is 3.66. The largest absolute Gasteiger partial charge is 0.497 e. The summed E-state index contributed by atoms with van der Waals surface area (Å²) in [7, 11) is -2.15. The van der Waals surface area contributed by atoms with Crippen LogP contribution in [0, 0.1) is 0 Å². The second-order valence-corrected chi connectivity index (χ2v) is 8.05. The first-order valence-electron chi connectivity index (χ1n) is 7.91. The molecule has 2 rings (SSSR count). The fourth-order valence-electron chi connectivity index (χ4n) is 2.22. The van der Waals surface area contributed by atoms with Crippen LogP contribution in [0.15, 0.2) is 53.6 Å². The molecule has 0 radical (unpaired) electrons. The molecule has 0 fully saturated rings. The Kier molecular flexibility index (Phi) is 6.81. The summed E-state index contributed by atoms with van der Waals surface area (Å²) < 4.78 is 30.2. The molecule has 1 N–H and O–H groups in total. The van der Waals surface area contributed by atoms with Gasteiger partial charge < -0.3 is 4.74 Å². The van der Waals surface area contributed by atoms with E-state index in [1.54, 1.807) is 55.5 Å². The summed E-state index contributed by atoms with van der Waals surface area (Å²) in [6.07, 6.45) is 1.03. The minimum atomic E-state index is -3.66. The number of ether oxygens (including phenoxy) is 1. The molecule has 0 aliphatic rings. The number of hydrazone groups is 1. The normalized spacial score (nSPS) is 11.8. The van der Waals surface area contributed by atoms with Crippen LogP contribution in [-0.4, -0.2) is 39.9 Å². The number of halogens is 1. The zero-order valence-electron chi connectivity index (χ0n) is 15.1. The number of sulfonamides is 1. The van der Waals surface area contributed by atoms with Crippen molar-refractivity contribution in [3.8, 4) is 5.75 Å². The molecule has 2 aromatic carbocycles. The SMILES string of the molecule is COc1ccc(N(CC(=O)N/N=C(\C)c2ccc(Cl)cc2)S(C)(=O)=O)cc1. The van der Waals surface area contributed by atoms with E-state index in [1.807, 2.05) is 0 Å². The molecule has 0 aliphatic heterocycles. The van der Waals surface area contributed by atoms with Gasteiger partial charge in [0, 0.05) is 5.02 Å². The van der Waals surface area contributed by atoms with Gasteiger partial charge in [-0.05, 0) is 48.9 Å². The molecule has 0 saturated heterocycles. The van der Waals surface area contributed by atoms with E-state index in [4.69, 9.17) is 16.3 Å². The molecule has 0 aliphatic carbocycles. The van der Waals surface area contributed by atoms with E-state index in [0.29, 0.717) is 22.2 Å². The Balaban J connectivity index is 2.11. The molecule has 144 valence electrons. The number of rotatable bonds is 7. The van der Waals surface area contributed by atoms with E-state index in [9.17, 15) is 13.2 Å². The van der Waals surface area contributed by atoms with Crippen LogP contribution in [0.25, 0.3) is 0 Å². The van der Waals surface area contributed by atoms with Crippen LogP contribution in [0.2, 0.25) is 5.02 Å². The minimum Gasteiger partial charge on any atom is -0.497 e. The van der Waals surface area contributed by atoms with Crippen molar-refractivity contribution in [2.75, 3.05) is 24.2 Å². The molecule has 0 unspecified atom stereocenters. The van der Waals surface area contributed by atoms with Crippen molar-refractivity contribution in [1.29, 1.82) is 0 Å². The maximum atomic E-state index is 12.2. The second-order valence-electron chi connectivity index (χ2n) is 5.71. The van der Waals surface area contributed by atoms with Crippen molar-refractivity contribution in [3.05, 3.63) is 59.1 Å². The van der Waals surface area contributed by atoms with Gasteiger partial charge in [0.1, 0.15) is 12.3 Å². The zero-order chi connectivity index (χ0) is 20.0. The first-order valence-corrected chi connectivity index (χ1v) is 10.1. The lowest BCUT2D eigenvalue weighted by Crippen LogP contribution is -2.39. The van der Waals surface area contributed by atoms with Gasteiger partial charge in [-0.1, -0.05) is 23.7 Å². The van der Waals surface area contributed by atoms with Crippen molar-refractivity contribution in [2.24, 2.45) is 5.10 Å². The molecule has 0 aromatic heterocycles. The number of carbonyl (C=O) groups is 1. The number of carbonyl (C=O) groups excluding carboxylic acids is 1. The highest BCUT2D eigenvalue weighted by Gasteiger charge is 2.20. The van der Waals surface area contributed by atoms with Gasteiger partial charge in [0.05, 0.1) is 24.8 Å². The molecule has 0 spiro atoms. The smallest absolute Gasteiger partial charge is 0.260 e. The number of hydrogen-bond acceptors (Lipinski definition) is 5. The maximum absolute atomic E-state index is 12.2. The molecule has 2 aromatic rings. The lowest BCUT2D eigenvalue weighted by atomic mass is 10.1. The highest BCUT2D eigenvalue weighted by atomic mass is 35.5. The van der Waals surface area contributed by atoms with Gasteiger partial charge in [0.25, 0.3) is 5.91 Å². The molecule has 9 heteroatoms. The fourth-order valence-corrected chi connectivity index (χ4v) is 3.20. The Morgan fingerprint density at radius 2 is 1.74 bits per heavy atom. The summed E-state index contributed by atoms with van der Waals surface area (Å²) in [5, 5.41) is 4.61. The summed E-state index contributed by atoms with van der Waals surface area (Å²) in [4.78, 5) is 12.2. The van der Waals surface area contributed by atoms with Crippen LogP contribution < -0.4 is 14.5 Å². The number of amides is 1. The summed E-state index contributed by atoms with van der Waals surface area (Å²) in [6, 6.07) is 13.3. The van der Waals surface area contributed by atoms with Crippen molar-refractivity contribution in [2.45, 2.75) is 6.92 Å². The van der Waals surface area contributed by atoms with Gasteiger partial charge in [-0.25, -0.2) is 13.8 Å². The van der Waals surface area contributed by atoms with Crippen LogP contribution in [0.3, 0.4) is 0 Å². The number of methoxy groups -OCH3 is 1. The number of nitrogens with one attached hydrogen (secondary N) is 1. The van der Waals surface area contributed by atoms with Crippen LogP contribution in [-0.2, 0) is 14.8 Å². The molecule has 0 bridgehead atoms. The van der Waals surface area contributed by atoms with Crippen molar-refractivity contribution in [3.63, 3.8) is 0 Å². The average molecular weight is 410 g/mol. The number of nitrogens with zero attached hydrogens (tertiary/aromatic N) is 2. The predicted octanol–water partition coefficient (Wildman–Crippen LogP) is 2.66. The minimum absolute atomic E-state index is 0.354. The quantitative estimate of drug-likeness (QED) is 0.562. The van der Waals surface area contributed by atoms with Crippen LogP contribution in [0.5, 0.6) is 5.75 Å². The average Bonchev–Trinajstić information content (AvgIpc) is 2.64. The molecule has 0 saturated carbocycles. The van der Waals surface area contributed by atoms with E-state index in [2.05, 4.69) is 10.5 Å². The molecular weight excluding hydrogens is 390 g/mol. The van der Waals surface area contributed by atoms with Crippen molar-refractivity contribution >= 4 is 38.9 Å². The van der Waals surface area contributed by atoms with Gasteiger partial charge >= 0.3 is 0 Å². The van der Waals surface area contributed by atoms with Crippen molar-refractivity contribution < 1.29 is 17.9 Å². The Morgan fingerprint density at radius 3 is 2.26 bits per heavy atom. The summed E-state index contributed by atoms with van der Waals surface area (Å²) >= 11 is 5.84. The molecule has 27 heavy (non-hydrogen) atoms. The first-order chi connectivity index (χ1) is 12.7. The third kappa shape index (κ3) is 5.97. The van der Waals surface area contributed by atoms with E-state index < -0.39 is 22.5 Å². The molecule has 7 nitrogen and oxygen atoms in total. The molecule has 0 heterocycles. The van der Waals surface area contributed by atoms with E-state index in [1.165, 1.54) is 7.11 Å². The third-order valence-corrected chi connectivity index (χ3v) is 5.05. The van der Waals surface area contributed by atoms with Crippen LogP contribution in [0.1, 0.15) is 12.5 Å². The van der Waals surface area contributed by atoms with Crippen molar-refractivity contribution in [1.82, 2.24) is 5.43 Å². The number of anilines is 1. The Bertz CT molecular complexity index is 926. The van der Waals surface area contributed by atoms with Gasteiger partial charge in [0.2, 0.25) is 10.0 Å². The van der Waals surface area contributed by atoms with Gasteiger partial charge in [-0.15, -0.1) is 0 Å². The van der Waals surface area contributed by atoms with Gasteiger partial charge in [-0.2, -0.15) is 5.10 Å². The highest BCUT2D eigenvalue weighted by molar-refractivity contribution is 7.92. The fraction of sp³-hybridized carbons (Fsp3) is 0.222. The first kappa shape index (κ1) is 20.7. The Morgan fingerprint density at radius 1 is 1.15 bits per heavy atom. The summed E-state index contributed by atoms with van der Waals surface area (Å²) in [6.45, 7) is 1.32. The lowest BCUT2D eigenvalue weighted by molar-refractivity contribution is -0.119. The standard InChI is InChI=1S/C18H20ClN3O4S/c1-13(14-4-6-15(19)7-5-14)20-21-18(23)12-22(27(3,24)25)16-8-10-17(26-2)11-9-16/h4-11H,12H2,1-3H3,(H,21,23)/b20-13+. The van der Waals surface area contributed by atoms with Crippen LogP contribution >= 0.6 is 11.6 Å². The number of benzene rings is 2. The Hall–Kier alpha value is -2.58. The summed E-state index contributed by atoms with van der Waals surface area (Å²) in [5.74, 6) is 0.0180. The second kappa shape index (κ2) is 8.88. The van der Waals surface area contributed by atoms with E-state index in [-0.39, 0.29) is 0 Å². The van der Waals surface area contributed by atoms with E-state index in [0.717, 1.165) is 16.1 Å². The maximum Gasteiger partial charge on any atom is 0.260 e. The lowest BCUT2D eigenvalue weighted by Gasteiger charge is -2.21. The molecular formula is C18H20ClN3O4S. The zero-order valence-corrected chi connectivity index (χ0v) is 16.7. The van der Waals surface area contributed by atoms with Gasteiger partial charge in [-0.3, -0.25) is 9.10 Å². The topological polar surface area (TPSA) is 88.1 Å². The number of hydrogen-bond donors (Lipinski definition) is 1. The monoisotopic (exact) mass is 409 g/mol.